The summed E-state index contributed by atoms with van der Waals surface area (Å²) in [5.74, 6) is -0.957. The number of carbonyl (C=O) groups excluding carboxylic acids is 2. The molecule has 0 heterocycles. The molecule has 1 aromatic carbocycles. The lowest BCUT2D eigenvalue weighted by Gasteiger charge is -2.17. The van der Waals surface area contributed by atoms with E-state index in [2.05, 4.69) is 10.1 Å². The van der Waals surface area contributed by atoms with Gasteiger partial charge in [0.2, 0.25) is 0 Å². The van der Waals surface area contributed by atoms with Crippen LogP contribution in [0.4, 0.5) is 18.0 Å². The molecule has 5 nitrogen and oxygen atoms in total. The predicted octanol–water partition coefficient (Wildman–Crippen LogP) is 2.80. The van der Waals surface area contributed by atoms with Gasteiger partial charge in [0, 0.05) is 6.42 Å². The molecule has 0 saturated heterocycles. The van der Waals surface area contributed by atoms with Crippen LogP contribution in [0.3, 0.4) is 0 Å². The van der Waals surface area contributed by atoms with Gasteiger partial charge in [0.15, 0.2) is 0 Å². The van der Waals surface area contributed by atoms with Crippen LogP contribution in [0.1, 0.15) is 18.4 Å². The van der Waals surface area contributed by atoms with E-state index < -0.39 is 37.1 Å². The van der Waals surface area contributed by atoms with Gasteiger partial charge in [-0.15, -0.1) is 0 Å². The molecule has 22 heavy (non-hydrogen) atoms. The molecule has 1 aromatic rings. The second-order valence-corrected chi connectivity index (χ2v) is 4.44. The van der Waals surface area contributed by atoms with Gasteiger partial charge in [-0.3, -0.25) is 0 Å². The average Bonchev–Trinajstić information content (AvgIpc) is 2.48. The van der Waals surface area contributed by atoms with E-state index in [1.54, 1.807) is 30.3 Å². The fourth-order valence-electron chi connectivity index (χ4n) is 1.61. The van der Waals surface area contributed by atoms with Gasteiger partial charge in [0.05, 0.1) is 7.11 Å². The van der Waals surface area contributed by atoms with Crippen LogP contribution in [-0.2, 0) is 20.9 Å². The first-order valence-corrected chi connectivity index (χ1v) is 6.43. The van der Waals surface area contributed by atoms with Gasteiger partial charge < -0.3 is 14.8 Å². The zero-order valence-corrected chi connectivity index (χ0v) is 11.9. The van der Waals surface area contributed by atoms with Gasteiger partial charge in [0.1, 0.15) is 12.6 Å². The van der Waals surface area contributed by atoms with E-state index in [1.165, 1.54) is 0 Å². The highest BCUT2D eigenvalue weighted by Crippen LogP contribution is 2.22. The molecule has 0 bridgehead atoms. The molecule has 0 aliphatic carbocycles. The van der Waals surface area contributed by atoms with Crippen molar-refractivity contribution in [3.8, 4) is 0 Å². The van der Waals surface area contributed by atoms with E-state index in [4.69, 9.17) is 4.74 Å². The van der Waals surface area contributed by atoms with Gasteiger partial charge in [-0.2, -0.15) is 13.2 Å². The van der Waals surface area contributed by atoms with Crippen LogP contribution in [0.25, 0.3) is 0 Å². The Bertz CT molecular complexity index is 491. The topological polar surface area (TPSA) is 64.6 Å². The minimum atomic E-state index is -4.43. The number of rotatable bonds is 6. The third-order valence-corrected chi connectivity index (χ3v) is 2.71. The lowest BCUT2D eigenvalue weighted by Crippen LogP contribution is -2.42. The summed E-state index contributed by atoms with van der Waals surface area (Å²) in [6.45, 7) is -0.0557. The Labute approximate surface area is 125 Å². The molecule has 0 aliphatic rings. The highest BCUT2D eigenvalue weighted by Gasteiger charge is 2.31. The molecule has 0 fully saturated rings. The fraction of sp³-hybridized carbons (Fsp3) is 0.429. The van der Waals surface area contributed by atoms with E-state index in [9.17, 15) is 22.8 Å². The van der Waals surface area contributed by atoms with Crippen molar-refractivity contribution in [3.05, 3.63) is 35.9 Å². The minimum absolute atomic E-state index is 0.0557. The average molecular weight is 319 g/mol. The van der Waals surface area contributed by atoms with Crippen LogP contribution in [0.5, 0.6) is 0 Å². The van der Waals surface area contributed by atoms with Crippen molar-refractivity contribution in [1.82, 2.24) is 5.32 Å². The third kappa shape index (κ3) is 6.96. The smallest absolute Gasteiger partial charge is 0.408 e. The summed E-state index contributed by atoms with van der Waals surface area (Å²) < 4.78 is 45.8. The lowest BCUT2D eigenvalue weighted by atomic mass is 10.1. The van der Waals surface area contributed by atoms with Gasteiger partial charge >= 0.3 is 18.2 Å². The van der Waals surface area contributed by atoms with Gasteiger partial charge in [-0.25, -0.2) is 9.59 Å². The molecule has 122 valence electrons. The second-order valence-electron chi connectivity index (χ2n) is 4.44. The minimum Gasteiger partial charge on any atom is -0.467 e. The summed E-state index contributed by atoms with van der Waals surface area (Å²) in [6, 6.07) is 7.31. The maximum atomic E-state index is 12.2. The van der Waals surface area contributed by atoms with E-state index >= 15 is 0 Å². The van der Waals surface area contributed by atoms with Crippen LogP contribution in [0, 0.1) is 0 Å². The number of methoxy groups -OCH3 is 1. The molecular formula is C14H16F3NO4. The summed E-state index contributed by atoms with van der Waals surface area (Å²) in [4.78, 5) is 22.9. The molecule has 0 radical (unpaired) electrons. The van der Waals surface area contributed by atoms with Crippen LogP contribution in [0.2, 0.25) is 0 Å². The summed E-state index contributed by atoms with van der Waals surface area (Å²) in [5.41, 5.74) is 0.711. The van der Waals surface area contributed by atoms with E-state index in [1.807, 2.05) is 0 Å². The van der Waals surface area contributed by atoms with Crippen molar-refractivity contribution in [2.24, 2.45) is 0 Å². The van der Waals surface area contributed by atoms with Crippen molar-refractivity contribution in [3.63, 3.8) is 0 Å². The van der Waals surface area contributed by atoms with E-state index in [0.29, 0.717) is 5.56 Å². The monoisotopic (exact) mass is 319 g/mol. The number of amides is 1. The molecule has 0 aliphatic heterocycles. The molecule has 1 atom stereocenters. The first kappa shape index (κ1) is 17.8. The number of hydrogen-bond donors (Lipinski definition) is 1. The Balaban J connectivity index is 2.50. The number of hydrogen-bond acceptors (Lipinski definition) is 4. The van der Waals surface area contributed by atoms with Gasteiger partial charge in [0.25, 0.3) is 0 Å². The molecule has 1 amide bonds. The van der Waals surface area contributed by atoms with Crippen molar-refractivity contribution >= 4 is 12.1 Å². The fourth-order valence-corrected chi connectivity index (χ4v) is 1.61. The maximum absolute atomic E-state index is 12.2. The Kier molecular flexibility index (Phi) is 6.68. The van der Waals surface area contributed by atoms with Crippen molar-refractivity contribution < 1.29 is 32.2 Å². The van der Waals surface area contributed by atoms with E-state index in [-0.39, 0.29) is 6.61 Å². The molecule has 1 rings (SSSR count). The van der Waals surface area contributed by atoms with Crippen LogP contribution >= 0.6 is 0 Å². The number of benzene rings is 1. The number of halogens is 3. The normalized spacial score (nSPS) is 12.4. The molecule has 1 N–H and O–H groups in total. The number of esters is 1. The van der Waals surface area contributed by atoms with Crippen molar-refractivity contribution in [1.29, 1.82) is 0 Å². The summed E-state index contributed by atoms with van der Waals surface area (Å²) >= 11 is 0. The van der Waals surface area contributed by atoms with Crippen LogP contribution in [-0.4, -0.2) is 31.4 Å². The lowest BCUT2D eigenvalue weighted by molar-refractivity contribution is -0.148. The highest BCUT2D eigenvalue weighted by atomic mass is 19.4. The van der Waals surface area contributed by atoms with E-state index in [0.717, 1.165) is 7.11 Å². The van der Waals surface area contributed by atoms with Crippen molar-refractivity contribution in [2.75, 3.05) is 7.11 Å². The third-order valence-electron chi connectivity index (χ3n) is 2.71. The first-order valence-electron chi connectivity index (χ1n) is 6.43. The molecular weight excluding hydrogens is 303 g/mol. The number of carbonyl (C=O) groups is 2. The Morgan fingerprint density at radius 1 is 1.23 bits per heavy atom. The van der Waals surface area contributed by atoms with Gasteiger partial charge in [-0.05, 0) is 12.0 Å². The van der Waals surface area contributed by atoms with Gasteiger partial charge in [-0.1, -0.05) is 30.3 Å². The van der Waals surface area contributed by atoms with Crippen LogP contribution < -0.4 is 5.32 Å². The largest absolute Gasteiger partial charge is 0.467 e. The Morgan fingerprint density at radius 3 is 2.41 bits per heavy atom. The number of alkyl halides is 3. The zero-order valence-electron chi connectivity index (χ0n) is 11.9. The summed E-state index contributed by atoms with van der Waals surface area (Å²) in [7, 11) is 1.03. The molecule has 0 saturated carbocycles. The number of ether oxygens (including phenoxy) is 2. The number of alkyl carbamates (subject to hydrolysis) is 1. The predicted molar refractivity (Wildman–Crippen MR) is 70.9 cm³/mol. The molecule has 0 aromatic heterocycles. The zero-order chi connectivity index (χ0) is 16.6. The molecule has 1 unspecified atom stereocenters. The van der Waals surface area contributed by atoms with Crippen molar-refractivity contribution in [2.45, 2.75) is 31.7 Å². The number of nitrogens with one attached hydrogen (secondary N) is 1. The summed E-state index contributed by atoms with van der Waals surface area (Å²) in [6.07, 6.45) is -7.24. The SMILES string of the molecule is COC(=O)C(CCC(F)(F)F)NC(=O)OCc1ccccc1. The molecule has 8 heteroatoms. The summed E-state index contributed by atoms with van der Waals surface area (Å²) in [5, 5.41) is 2.07. The maximum Gasteiger partial charge on any atom is 0.408 e. The Hall–Kier alpha value is -2.25. The second kappa shape index (κ2) is 8.26. The quantitative estimate of drug-likeness (QED) is 0.819. The highest BCUT2D eigenvalue weighted by molar-refractivity contribution is 5.81. The van der Waals surface area contributed by atoms with Crippen LogP contribution in [0.15, 0.2) is 30.3 Å². The first-order chi connectivity index (χ1) is 10.3. The molecule has 0 spiro atoms. The standard InChI is InChI=1S/C14H16F3NO4/c1-21-12(19)11(7-8-14(15,16)17)18-13(20)22-9-10-5-3-2-4-6-10/h2-6,11H,7-9H2,1H3,(H,18,20). The Morgan fingerprint density at radius 2 is 1.86 bits per heavy atom.